The number of benzene rings is 1. The lowest BCUT2D eigenvalue weighted by atomic mass is 10.2. The highest BCUT2D eigenvalue weighted by molar-refractivity contribution is 6.39. The van der Waals surface area contributed by atoms with Crippen molar-refractivity contribution in [2.75, 3.05) is 5.32 Å². The van der Waals surface area contributed by atoms with Crippen molar-refractivity contribution in [2.24, 2.45) is 0 Å². The number of nitrogens with one attached hydrogen (secondary N) is 2. The summed E-state index contributed by atoms with van der Waals surface area (Å²) in [6.07, 6.45) is 6.59. The predicted octanol–water partition coefficient (Wildman–Crippen LogP) is 1.66. The monoisotopic (exact) mass is 339 g/mol. The summed E-state index contributed by atoms with van der Waals surface area (Å²) < 4.78 is 14.8. The Labute approximate surface area is 142 Å². The Morgan fingerprint density at radius 1 is 1.12 bits per heavy atom. The van der Waals surface area contributed by atoms with Crippen LogP contribution >= 0.6 is 0 Å². The number of carbonyl (C=O) groups excluding carboxylic acids is 2. The van der Waals surface area contributed by atoms with Crippen molar-refractivity contribution < 1.29 is 14.0 Å². The quantitative estimate of drug-likeness (QED) is 0.708. The standard InChI is InChI=1S/C17H14FN5O2/c18-13-2-1-3-14(9-13)22-17(25)16(24)21-10-12-4-5-20-15(8-12)23-7-6-19-11-23/h1-9,11H,10H2,(H,21,24)(H,22,25). The van der Waals surface area contributed by atoms with Crippen molar-refractivity contribution in [3.05, 3.63) is 72.7 Å². The minimum Gasteiger partial charge on any atom is -0.344 e. The summed E-state index contributed by atoms with van der Waals surface area (Å²) in [5, 5.41) is 4.85. The highest BCUT2D eigenvalue weighted by Crippen LogP contribution is 2.09. The molecule has 0 aliphatic rings. The van der Waals surface area contributed by atoms with Gasteiger partial charge >= 0.3 is 11.8 Å². The first-order valence-electron chi connectivity index (χ1n) is 7.40. The summed E-state index contributed by atoms with van der Waals surface area (Å²) in [6, 6.07) is 8.81. The van der Waals surface area contributed by atoms with E-state index in [0.717, 1.165) is 11.6 Å². The van der Waals surface area contributed by atoms with E-state index in [1.165, 1.54) is 18.2 Å². The van der Waals surface area contributed by atoms with E-state index in [-0.39, 0.29) is 12.2 Å². The Kier molecular flexibility index (Phi) is 4.79. The van der Waals surface area contributed by atoms with Crippen LogP contribution < -0.4 is 10.6 Å². The van der Waals surface area contributed by atoms with E-state index in [2.05, 4.69) is 20.6 Å². The second-order valence-electron chi connectivity index (χ2n) is 5.14. The molecule has 0 spiro atoms. The van der Waals surface area contributed by atoms with Gasteiger partial charge in [0.2, 0.25) is 0 Å². The van der Waals surface area contributed by atoms with Crippen LogP contribution in [-0.4, -0.2) is 26.3 Å². The van der Waals surface area contributed by atoms with E-state index in [1.807, 2.05) is 0 Å². The lowest BCUT2D eigenvalue weighted by Crippen LogP contribution is -2.35. The maximum Gasteiger partial charge on any atom is 0.313 e. The molecule has 126 valence electrons. The molecule has 25 heavy (non-hydrogen) atoms. The van der Waals surface area contributed by atoms with Gasteiger partial charge in [-0.1, -0.05) is 6.07 Å². The van der Waals surface area contributed by atoms with Gasteiger partial charge in [0.05, 0.1) is 0 Å². The number of aromatic nitrogens is 3. The lowest BCUT2D eigenvalue weighted by Gasteiger charge is -2.08. The number of nitrogens with zero attached hydrogens (tertiary/aromatic N) is 3. The number of pyridine rings is 1. The largest absolute Gasteiger partial charge is 0.344 e. The molecule has 3 rings (SSSR count). The highest BCUT2D eigenvalue weighted by atomic mass is 19.1. The van der Waals surface area contributed by atoms with E-state index in [4.69, 9.17) is 0 Å². The summed E-state index contributed by atoms with van der Waals surface area (Å²) in [5.74, 6) is -1.53. The molecule has 0 aliphatic heterocycles. The van der Waals surface area contributed by atoms with Gasteiger partial charge in [-0.3, -0.25) is 14.2 Å². The number of amides is 2. The van der Waals surface area contributed by atoms with Crippen LogP contribution in [0, 0.1) is 5.82 Å². The molecular weight excluding hydrogens is 325 g/mol. The zero-order valence-electron chi connectivity index (χ0n) is 13.0. The number of imidazole rings is 1. The maximum atomic E-state index is 13.1. The van der Waals surface area contributed by atoms with Crippen molar-refractivity contribution in [1.82, 2.24) is 19.9 Å². The summed E-state index contributed by atoms with van der Waals surface area (Å²) >= 11 is 0. The van der Waals surface area contributed by atoms with Crippen LogP contribution in [0.4, 0.5) is 10.1 Å². The fourth-order valence-electron chi connectivity index (χ4n) is 2.12. The molecule has 0 bridgehead atoms. The third-order valence-electron chi connectivity index (χ3n) is 3.32. The van der Waals surface area contributed by atoms with E-state index in [1.54, 1.807) is 41.6 Å². The molecule has 3 aromatic rings. The van der Waals surface area contributed by atoms with Crippen molar-refractivity contribution in [1.29, 1.82) is 0 Å². The summed E-state index contributed by atoms with van der Waals surface area (Å²) in [4.78, 5) is 31.8. The molecule has 0 radical (unpaired) electrons. The van der Waals surface area contributed by atoms with Gasteiger partial charge in [-0.25, -0.2) is 14.4 Å². The van der Waals surface area contributed by atoms with Crippen LogP contribution in [0.1, 0.15) is 5.56 Å². The second kappa shape index (κ2) is 7.35. The third-order valence-corrected chi connectivity index (χ3v) is 3.32. The average Bonchev–Trinajstić information content (AvgIpc) is 3.14. The molecule has 1 aromatic carbocycles. The van der Waals surface area contributed by atoms with E-state index in [0.29, 0.717) is 5.82 Å². The Hall–Kier alpha value is -3.55. The predicted molar refractivity (Wildman–Crippen MR) is 88.2 cm³/mol. The van der Waals surface area contributed by atoms with Gasteiger partial charge in [-0.2, -0.15) is 0 Å². The van der Waals surface area contributed by atoms with Gasteiger partial charge in [-0.05, 0) is 35.9 Å². The summed E-state index contributed by atoms with van der Waals surface area (Å²) in [6.45, 7) is 0.152. The molecule has 0 unspecified atom stereocenters. The van der Waals surface area contributed by atoms with Gasteiger partial charge in [-0.15, -0.1) is 0 Å². The Balaban J connectivity index is 1.58. The first-order chi connectivity index (χ1) is 12.1. The van der Waals surface area contributed by atoms with Crippen LogP contribution in [0.5, 0.6) is 0 Å². The van der Waals surface area contributed by atoms with Gasteiger partial charge < -0.3 is 10.6 Å². The average molecular weight is 339 g/mol. The SMILES string of the molecule is O=C(NCc1ccnc(-n2ccnc2)c1)C(=O)Nc1cccc(F)c1. The van der Waals surface area contributed by atoms with Crippen LogP contribution in [-0.2, 0) is 16.1 Å². The molecule has 0 fully saturated rings. The molecule has 2 amide bonds. The van der Waals surface area contributed by atoms with Crippen molar-refractivity contribution in [2.45, 2.75) is 6.54 Å². The summed E-state index contributed by atoms with van der Waals surface area (Å²) in [5.41, 5.74) is 0.983. The van der Waals surface area contributed by atoms with Crippen molar-refractivity contribution in [3.63, 3.8) is 0 Å². The Morgan fingerprint density at radius 2 is 2.00 bits per heavy atom. The fourth-order valence-corrected chi connectivity index (χ4v) is 2.12. The van der Waals surface area contributed by atoms with Gasteiger partial charge in [0.1, 0.15) is 18.0 Å². The number of carbonyl (C=O) groups is 2. The second-order valence-corrected chi connectivity index (χ2v) is 5.14. The van der Waals surface area contributed by atoms with Crippen LogP contribution in [0.2, 0.25) is 0 Å². The molecule has 8 heteroatoms. The number of anilines is 1. The smallest absolute Gasteiger partial charge is 0.313 e. The molecule has 2 N–H and O–H groups in total. The Morgan fingerprint density at radius 3 is 2.76 bits per heavy atom. The van der Waals surface area contributed by atoms with Gasteiger partial charge in [0, 0.05) is 30.8 Å². The van der Waals surface area contributed by atoms with Crippen LogP contribution in [0.15, 0.2) is 61.3 Å². The first-order valence-corrected chi connectivity index (χ1v) is 7.40. The molecule has 2 heterocycles. The Bertz CT molecular complexity index is 896. The number of rotatable bonds is 4. The number of halogens is 1. The molecule has 0 atom stereocenters. The normalized spacial score (nSPS) is 10.3. The first kappa shape index (κ1) is 16.3. The van der Waals surface area contributed by atoms with Gasteiger partial charge in [0.25, 0.3) is 0 Å². The van der Waals surface area contributed by atoms with E-state index in [9.17, 15) is 14.0 Å². The molecule has 0 saturated carbocycles. The molecule has 0 saturated heterocycles. The third kappa shape index (κ3) is 4.25. The molecule has 2 aromatic heterocycles. The van der Waals surface area contributed by atoms with E-state index < -0.39 is 17.6 Å². The lowest BCUT2D eigenvalue weighted by molar-refractivity contribution is -0.136. The number of hydrogen-bond donors (Lipinski definition) is 2. The molecule has 7 nitrogen and oxygen atoms in total. The topological polar surface area (TPSA) is 88.9 Å². The highest BCUT2D eigenvalue weighted by Gasteiger charge is 2.13. The van der Waals surface area contributed by atoms with Gasteiger partial charge in [0.15, 0.2) is 0 Å². The van der Waals surface area contributed by atoms with Crippen LogP contribution in [0.25, 0.3) is 5.82 Å². The zero-order chi connectivity index (χ0) is 17.6. The van der Waals surface area contributed by atoms with Crippen molar-refractivity contribution >= 4 is 17.5 Å². The molecular formula is C17H14FN5O2. The van der Waals surface area contributed by atoms with Crippen molar-refractivity contribution in [3.8, 4) is 5.82 Å². The minimum atomic E-state index is -0.866. The maximum absolute atomic E-state index is 13.1. The molecule has 0 aliphatic carbocycles. The van der Waals surface area contributed by atoms with E-state index >= 15 is 0 Å². The number of hydrogen-bond acceptors (Lipinski definition) is 4. The fraction of sp³-hybridized carbons (Fsp3) is 0.0588. The van der Waals surface area contributed by atoms with Crippen LogP contribution in [0.3, 0.4) is 0 Å². The minimum absolute atomic E-state index is 0.152. The zero-order valence-corrected chi connectivity index (χ0v) is 13.0. The summed E-state index contributed by atoms with van der Waals surface area (Å²) in [7, 11) is 0.